The lowest BCUT2D eigenvalue weighted by molar-refractivity contribution is 1.28. The summed E-state index contributed by atoms with van der Waals surface area (Å²) >= 11 is 0. The summed E-state index contributed by atoms with van der Waals surface area (Å²) in [6, 6.07) is 18.1. The molecule has 2 aromatic rings. The molecule has 26 heavy (non-hydrogen) atoms. The Hall–Kier alpha value is -1.91. The molecule has 0 atom stereocenters. The van der Waals surface area contributed by atoms with Crippen LogP contribution in [-0.2, 0) is 12.8 Å². The maximum absolute atomic E-state index is 3.87. The van der Waals surface area contributed by atoms with E-state index in [0.717, 1.165) is 12.8 Å². The van der Waals surface area contributed by atoms with E-state index in [1.165, 1.54) is 21.5 Å². The van der Waals surface area contributed by atoms with Crippen molar-refractivity contribution in [2.45, 2.75) is 39.0 Å². The van der Waals surface area contributed by atoms with Gasteiger partial charge in [-0.2, -0.15) is 0 Å². The molecule has 0 aliphatic rings. The van der Waals surface area contributed by atoms with Crippen molar-refractivity contribution in [1.82, 2.24) is 0 Å². The minimum atomic E-state index is -1.61. The molecule has 0 unspecified atom stereocenters. The molecule has 0 bridgehead atoms. The normalized spacial score (nSPS) is 12.3. The van der Waals surface area contributed by atoms with Gasteiger partial charge in [0, 0.05) is 0 Å². The SMILES string of the molecule is C=CCc1cccc([Si](C)(C)C=C[Si](C)(C)c2cccc(CC=C)c2)c1. The van der Waals surface area contributed by atoms with Gasteiger partial charge in [0.25, 0.3) is 0 Å². The molecule has 0 aromatic heterocycles. The first-order valence-electron chi connectivity index (χ1n) is 9.39. The maximum atomic E-state index is 3.87. The average molecular weight is 377 g/mol. The molecule has 0 radical (unpaired) electrons. The van der Waals surface area contributed by atoms with Crippen LogP contribution in [0.25, 0.3) is 0 Å². The largest absolute Gasteiger partial charge is 0.103 e. The molecule has 0 fully saturated rings. The molecule has 0 N–H and O–H groups in total. The minimum absolute atomic E-state index is 0.943. The standard InChI is InChI=1S/C24H32Si2/c1-7-11-21-13-9-15-23(19-21)25(3,4)17-18-26(5,6)24-16-10-14-22(20-24)12-8-2/h7-10,13-20H,1-2,11-12H2,3-6H3. The summed E-state index contributed by atoms with van der Waals surface area (Å²) in [6.45, 7) is 17.5. The van der Waals surface area contributed by atoms with Crippen LogP contribution in [-0.4, -0.2) is 16.1 Å². The zero-order chi connectivity index (χ0) is 19.2. The highest BCUT2D eigenvalue weighted by atomic mass is 28.3. The Balaban J connectivity index is 2.27. The van der Waals surface area contributed by atoms with E-state index < -0.39 is 16.1 Å². The van der Waals surface area contributed by atoms with Crippen molar-refractivity contribution >= 4 is 26.5 Å². The number of allylic oxidation sites excluding steroid dienone is 2. The number of rotatable bonds is 8. The van der Waals surface area contributed by atoms with Crippen molar-refractivity contribution in [3.63, 3.8) is 0 Å². The molecule has 0 saturated carbocycles. The van der Waals surface area contributed by atoms with Gasteiger partial charge in [-0.3, -0.25) is 0 Å². The van der Waals surface area contributed by atoms with Crippen LogP contribution < -0.4 is 10.4 Å². The summed E-state index contributed by atoms with van der Waals surface area (Å²) in [4.78, 5) is 0. The third-order valence-corrected chi connectivity index (χ3v) is 11.0. The molecule has 0 amide bonds. The lowest BCUT2D eigenvalue weighted by atomic mass is 10.1. The van der Waals surface area contributed by atoms with E-state index in [2.05, 4.69) is 99.3 Å². The highest BCUT2D eigenvalue weighted by Crippen LogP contribution is 2.13. The van der Waals surface area contributed by atoms with Gasteiger partial charge in [-0.25, -0.2) is 0 Å². The highest BCUT2D eigenvalue weighted by molar-refractivity contribution is 6.98. The molecule has 136 valence electrons. The van der Waals surface area contributed by atoms with Crippen LogP contribution in [0.1, 0.15) is 11.1 Å². The summed E-state index contributed by atoms with van der Waals surface area (Å²) in [5.74, 6) is 0. The number of hydrogen-bond donors (Lipinski definition) is 0. The van der Waals surface area contributed by atoms with Crippen molar-refractivity contribution in [3.05, 3.63) is 96.4 Å². The van der Waals surface area contributed by atoms with Crippen LogP contribution in [0, 0.1) is 0 Å². The summed E-state index contributed by atoms with van der Waals surface area (Å²) in [7, 11) is -3.22. The lowest BCUT2D eigenvalue weighted by Crippen LogP contribution is -2.44. The zero-order valence-electron chi connectivity index (χ0n) is 16.8. The molecule has 0 aliphatic carbocycles. The van der Waals surface area contributed by atoms with Gasteiger partial charge in [0.1, 0.15) is 16.1 Å². The van der Waals surface area contributed by atoms with Crippen LogP contribution in [0.2, 0.25) is 26.2 Å². The molecule has 2 heteroatoms. The summed E-state index contributed by atoms with van der Waals surface area (Å²) in [5, 5.41) is 3.00. The van der Waals surface area contributed by atoms with Crippen molar-refractivity contribution in [2.24, 2.45) is 0 Å². The Morgan fingerprint density at radius 3 is 1.42 bits per heavy atom. The first-order valence-corrected chi connectivity index (χ1v) is 15.5. The van der Waals surface area contributed by atoms with E-state index in [4.69, 9.17) is 0 Å². The zero-order valence-corrected chi connectivity index (χ0v) is 18.8. The van der Waals surface area contributed by atoms with E-state index in [0.29, 0.717) is 0 Å². The Kier molecular flexibility index (Phi) is 6.79. The molecule has 0 saturated heterocycles. The van der Waals surface area contributed by atoms with Crippen LogP contribution >= 0.6 is 0 Å². The first-order chi connectivity index (χ1) is 12.3. The molecular weight excluding hydrogens is 344 g/mol. The van der Waals surface area contributed by atoms with Crippen molar-refractivity contribution in [2.75, 3.05) is 0 Å². The fourth-order valence-electron chi connectivity index (χ4n) is 3.14. The molecular formula is C24H32Si2. The molecule has 2 rings (SSSR count). The molecule has 0 nitrogen and oxygen atoms in total. The van der Waals surface area contributed by atoms with Crippen molar-refractivity contribution in [3.8, 4) is 0 Å². The summed E-state index contributed by atoms with van der Waals surface area (Å²) in [6.07, 6.45) is 5.85. The summed E-state index contributed by atoms with van der Waals surface area (Å²) in [5.41, 5.74) is 7.82. The average Bonchev–Trinajstić information content (AvgIpc) is 2.61. The van der Waals surface area contributed by atoms with Gasteiger partial charge in [-0.15, -0.1) is 13.2 Å². The van der Waals surface area contributed by atoms with E-state index in [9.17, 15) is 0 Å². The quantitative estimate of drug-likeness (QED) is 0.433. The Bertz CT molecular complexity index is 730. The van der Waals surface area contributed by atoms with Gasteiger partial charge >= 0.3 is 0 Å². The number of hydrogen-bond acceptors (Lipinski definition) is 0. The lowest BCUT2D eigenvalue weighted by Gasteiger charge is -2.24. The van der Waals surface area contributed by atoms with Gasteiger partial charge < -0.3 is 0 Å². The first kappa shape index (κ1) is 20.4. The minimum Gasteiger partial charge on any atom is -0.103 e. The molecule has 0 aliphatic heterocycles. The summed E-state index contributed by atoms with van der Waals surface area (Å²) < 4.78 is 0. The van der Waals surface area contributed by atoms with E-state index in [-0.39, 0.29) is 0 Å². The predicted octanol–water partition coefficient (Wildman–Crippen LogP) is 5.31. The van der Waals surface area contributed by atoms with E-state index in [1.54, 1.807) is 0 Å². The highest BCUT2D eigenvalue weighted by Gasteiger charge is 2.25. The van der Waals surface area contributed by atoms with Crippen LogP contribution in [0.15, 0.2) is 85.2 Å². The monoisotopic (exact) mass is 376 g/mol. The third-order valence-electron chi connectivity index (χ3n) is 5.02. The smallest absolute Gasteiger partial charge is 0.103 e. The predicted molar refractivity (Wildman–Crippen MR) is 124 cm³/mol. The fraction of sp³-hybridized carbons (Fsp3) is 0.250. The fourth-order valence-corrected chi connectivity index (χ4v) is 9.03. The topological polar surface area (TPSA) is 0 Å². The second-order valence-electron chi connectivity index (χ2n) is 8.16. The van der Waals surface area contributed by atoms with Gasteiger partial charge in [0.2, 0.25) is 0 Å². The van der Waals surface area contributed by atoms with Gasteiger partial charge in [0.15, 0.2) is 0 Å². The number of benzene rings is 2. The van der Waals surface area contributed by atoms with Gasteiger partial charge in [0.05, 0.1) is 0 Å². The second kappa shape index (κ2) is 8.65. The molecule has 0 heterocycles. The maximum Gasteiger partial charge on any atom is 0.103 e. The molecule has 0 spiro atoms. The van der Waals surface area contributed by atoms with Crippen molar-refractivity contribution < 1.29 is 0 Å². The third kappa shape index (κ3) is 5.29. The van der Waals surface area contributed by atoms with Crippen LogP contribution in [0.3, 0.4) is 0 Å². The Labute approximate surface area is 162 Å². The van der Waals surface area contributed by atoms with E-state index in [1.807, 2.05) is 12.2 Å². The Morgan fingerprint density at radius 1 is 0.692 bits per heavy atom. The van der Waals surface area contributed by atoms with Gasteiger partial charge in [-0.05, 0) is 24.0 Å². The molecule has 2 aromatic carbocycles. The Morgan fingerprint density at radius 2 is 1.08 bits per heavy atom. The van der Waals surface area contributed by atoms with Crippen molar-refractivity contribution in [1.29, 1.82) is 0 Å². The van der Waals surface area contributed by atoms with Crippen LogP contribution in [0.5, 0.6) is 0 Å². The van der Waals surface area contributed by atoms with Gasteiger partial charge in [-0.1, -0.05) is 109 Å². The van der Waals surface area contributed by atoms with E-state index >= 15 is 0 Å². The second-order valence-corrected chi connectivity index (χ2v) is 16.9. The van der Waals surface area contributed by atoms with Crippen LogP contribution in [0.4, 0.5) is 0 Å².